The Hall–Kier alpha value is -1.84. The van der Waals surface area contributed by atoms with E-state index in [1.165, 1.54) is 15.8 Å². The zero-order chi connectivity index (χ0) is 13.8. The maximum atomic E-state index is 9.04. The number of hydrogen-bond donors (Lipinski definition) is 1. The van der Waals surface area contributed by atoms with Gasteiger partial charge in [0.15, 0.2) is 0 Å². The van der Waals surface area contributed by atoms with Crippen molar-refractivity contribution in [3.63, 3.8) is 0 Å². The maximum absolute atomic E-state index is 9.04. The molecule has 1 aromatic heterocycles. The number of para-hydroxylation sites is 1. The van der Waals surface area contributed by atoms with E-state index in [4.69, 9.17) is 5.11 Å². The molecule has 0 amide bonds. The first-order chi connectivity index (χ1) is 9.86. The number of aromatic nitrogens is 1. The molecule has 100 valence electrons. The van der Waals surface area contributed by atoms with Crippen LogP contribution in [0.4, 0.5) is 0 Å². The fourth-order valence-electron chi connectivity index (χ4n) is 2.10. The molecule has 1 heterocycles. The van der Waals surface area contributed by atoms with Crippen LogP contribution in [0.5, 0.6) is 0 Å². The van der Waals surface area contributed by atoms with Gasteiger partial charge in [0.2, 0.25) is 0 Å². The lowest BCUT2D eigenvalue weighted by Crippen LogP contribution is -1.86. The highest BCUT2D eigenvalue weighted by molar-refractivity contribution is 7.98. The van der Waals surface area contributed by atoms with Crippen LogP contribution in [0.25, 0.3) is 10.9 Å². The van der Waals surface area contributed by atoms with E-state index in [9.17, 15) is 0 Å². The van der Waals surface area contributed by atoms with Crippen LogP contribution >= 0.6 is 11.8 Å². The Morgan fingerprint density at radius 3 is 2.45 bits per heavy atom. The zero-order valence-electron chi connectivity index (χ0n) is 11.0. The van der Waals surface area contributed by atoms with Crippen LogP contribution in [0.15, 0.2) is 65.7 Å². The molecule has 2 nitrogen and oxygen atoms in total. The molecule has 0 radical (unpaired) electrons. The van der Waals surface area contributed by atoms with Crippen molar-refractivity contribution in [2.75, 3.05) is 0 Å². The molecule has 0 bridgehead atoms. The smallest absolute Gasteiger partial charge is 0.0713 e. The largest absolute Gasteiger partial charge is 0.392 e. The zero-order valence-corrected chi connectivity index (χ0v) is 11.8. The third-order valence-corrected chi connectivity index (χ3v) is 4.35. The molecule has 0 saturated carbocycles. The van der Waals surface area contributed by atoms with Gasteiger partial charge in [0.1, 0.15) is 0 Å². The van der Waals surface area contributed by atoms with Crippen molar-refractivity contribution in [3.8, 4) is 0 Å². The molecule has 3 aromatic rings. The second-order valence-electron chi connectivity index (χ2n) is 4.59. The van der Waals surface area contributed by atoms with Gasteiger partial charge in [-0.1, -0.05) is 42.5 Å². The van der Waals surface area contributed by atoms with Crippen molar-refractivity contribution in [1.82, 2.24) is 4.98 Å². The number of hydrogen-bond acceptors (Lipinski definition) is 3. The Morgan fingerprint density at radius 1 is 0.900 bits per heavy atom. The molecular weight excluding hydrogens is 266 g/mol. The topological polar surface area (TPSA) is 33.1 Å². The van der Waals surface area contributed by atoms with Crippen LogP contribution < -0.4 is 0 Å². The van der Waals surface area contributed by atoms with Crippen molar-refractivity contribution in [3.05, 3.63) is 71.9 Å². The van der Waals surface area contributed by atoms with Crippen LogP contribution in [-0.4, -0.2) is 10.1 Å². The van der Waals surface area contributed by atoms with E-state index in [-0.39, 0.29) is 6.61 Å². The minimum absolute atomic E-state index is 0.0996. The summed E-state index contributed by atoms with van der Waals surface area (Å²) in [6.07, 6.45) is 1.86. The monoisotopic (exact) mass is 281 g/mol. The average molecular weight is 281 g/mol. The van der Waals surface area contributed by atoms with Gasteiger partial charge in [-0.2, -0.15) is 0 Å². The molecule has 0 aliphatic heterocycles. The number of benzene rings is 2. The van der Waals surface area contributed by atoms with Gasteiger partial charge in [0, 0.05) is 22.2 Å². The Morgan fingerprint density at radius 2 is 1.65 bits per heavy atom. The Labute approximate surface area is 122 Å². The second-order valence-corrected chi connectivity index (χ2v) is 5.61. The molecule has 0 fully saturated rings. The highest BCUT2D eigenvalue weighted by Crippen LogP contribution is 2.29. The van der Waals surface area contributed by atoms with Gasteiger partial charge in [0.05, 0.1) is 12.1 Å². The van der Waals surface area contributed by atoms with Gasteiger partial charge in [-0.15, -0.1) is 11.8 Å². The summed E-state index contributed by atoms with van der Waals surface area (Å²) >= 11 is 1.81. The molecule has 0 spiro atoms. The molecule has 0 unspecified atom stereocenters. The number of aliphatic hydroxyl groups is 1. The fraction of sp³-hybridized carbons (Fsp3) is 0.118. The molecule has 3 heteroatoms. The third kappa shape index (κ3) is 2.84. The van der Waals surface area contributed by atoms with E-state index in [0.717, 1.165) is 16.8 Å². The van der Waals surface area contributed by atoms with Gasteiger partial charge in [0.25, 0.3) is 0 Å². The normalized spacial score (nSPS) is 10.8. The van der Waals surface area contributed by atoms with Gasteiger partial charge >= 0.3 is 0 Å². The van der Waals surface area contributed by atoms with Crippen molar-refractivity contribution in [2.24, 2.45) is 0 Å². The van der Waals surface area contributed by atoms with E-state index in [0.29, 0.717) is 0 Å². The third-order valence-electron chi connectivity index (χ3n) is 3.21. The predicted molar refractivity (Wildman–Crippen MR) is 83.7 cm³/mol. The lowest BCUT2D eigenvalue weighted by atomic mass is 10.2. The van der Waals surface area contributed by atoms with Gasteiger partial charge < -0.3 is 5.11 Å². The van der Waals surface area contributed by atoms with Crippen LogP contribution in [0, 0.1) is 0 Å². The minimum Gasteiger partial charge on any atom is -0.392 e. The summed E-state index contributed by atoms with van der Waals surface area (Å²) in [4.78, 5) is 5.63. The van der Waals surface area contributed by atoms with Crippen LogP contribution in [0.3, 0.4) is 0 Å². The van der Waals surface area contributed by atoms with E-state index >= 15 is 0 Å². The number of fused-ring (bicyclic) bond motifs is 1. The van der Waals surface area contributed by atoms with Gasteiger partial charge in [-0.05, 0) is 23.3 Å². The summed E-state index contributed by atoms with van der Waals surface area (Å²) < 4.78 is 0. The summed E-state index contributed by atoms with van der Waals surface area (Å²) in [5.74, 6) is 0.916. The Kier molecular flexibility index (Phi) is 4.00. The van der Waals surface area contributed by atoms with Crippen LogP contribution in [0.2, 0.25) is 0 Å². The quantitative estimate of drug-likeness (QED) is 0.733. The van der Waals surface area contributed by atoms with Crippen LogP contribution in [-0.2, 0) is 12.4 Å². The highest BCUT2D eigenvalue weighted by atomic mass is 32.2. The first-order valence-electron chi connectivity index (χ1n) is 6.52. The van der Waals surface area contributed by atoms with Crippen molar-refractivity contribution >= 4 is 22.7 Å². The van der Waals surface area contributed by atoms with Crippen LogP contribution in [0.1, 0.15) is 11.1 Å². The first-order valence-corrected chi connectivity index (χ1v) is 7.50. The van der Waals surface area contributed by atoms with Crippen molar-refractivity contribution < 1.29 is 5.11 Å². The summed E-state index contributed by atoms with van der Waals surface area (Å²) in [5.41, 5.74) is 3.24. The van der Waals surface area contributed by atoms with Gasteiger partial charge in [-0.3, -0.25) is 4.98 Å². The molecule has 1 N–H and O–H groups in total. The second kappa shape index (κ2) is 6.07. The molecular formula is C17H15NOS. The number of nitrogens with zero attached hydrogens (tertiary/aromatic N) is 1. The Bertz CT molecular complexity index is 704. The molecule has 3 rings (SSSR count). The highest BCUT2D eigenvalue weighted by Gasteiger charge is 2.02. The first kappa shape index (κ1) is 13.2. The molecule has 0 aliphatic carbocycles. The number of aliphatic hydroxyl groups excluding tert-OH is 1. The molecule has 0 saturated heterocycles. The van der Waals surface area contributed by atoms with E-state index in [1.807, 2.05) is 48.3 Å². The fourth-order valence-corrected chi connectivity index (χ4v) is 3.10. The van der Waals surface area contributed by atoms with Crippen molar-refractivity contribution in [1.29, 1.82) is 0 Å². The predicted octanol–water partition coefficient (Wildman–Crippen LogP) is 4.02. The van der Waals surface area contributed by atoms with E-state index in [1.54, 1.807) is 0 Å². The van der Waals surface area contributed by atoms with Gasteiger partial charge in [-0.25, -0.2) is 0 Å². The number of rotatable bonds is 4. The number of thioether (sulfide) groups is 1. The molecule has 0 atom stereocenters. The lowest BCUT2D eigenvalue weighted by Gasteiger charge is -2.06. The standard InChI is InChI=1S/C17H15NOS/c19-11-13-5-7-14(8-6-13)12-20-17-9-10-18-16-4-2-1-3-15(16)17/h1-10,19H,11-12H2. The summed E-state index contributed by atoms with van der Waals surface area (Å²) in [6.45, 7) is 0.0996. The summed E-state index contributed by atoms with van der Waals surface area (Å²) in [7, 11) is 0. The van der Waals surface area contributed by atoms with E-state index in [2.05, 4.69) is 29.2 Å². The SMILES string of the molecule is OCc1ccc(CSc2ccnc3ccccc23)cc1. The average Bonchev–Trinajstić information content (AvgIpc) is 2.53. The summed E-state index contributed by atoms with van der Waals surface area (Å²) in [6, 6.07) is 18.4. The van der Waals surface area contributed by atoms with Crippen molar-refractivity contribution in [2.45, 2.75) is 17.3 Å². The Balaban J connectivity index is 1.79. The minimum atomic E-state index is 0.0996. The lowest BCUT2D eigenvalue weighted by molar-refractivity contribution is 0.282. The van der Waals surface area contributed by atoms with E-state index < -0.39 is 0 Å². The maximum Gasteiger partial charge on any atom is 0.0713 e. The molecule has 2 aromatic carbocycles. The molecule has 20 heavy (non-hydrogen) atoms. The summed E-state index contributed by atoms with van der Waals surface area (Å²) in [5, 5.41) is 10.2. The molecule has 0 aliphatic rings. The number of pyridine rings is 1.